The summed E-state index contributed by atoms with van der Waals surface area (Å²) in [6.07, 6.45) is 45.1. The molecule has 0 heterocycles. The van der Waals surface area contributed by atoms with Crippen LogP contribution < -0.4 is 0 Å². The second kappa shape index (κ2) is 42.9. The van der Waals surface area contributed by atoms with Crippen LogP contribution in [0.15, 0.2) is 12.2 Å². The Morgan fingerprint density at radius 3 is 1.02 bits per heavy atom. The molecular weight excluding hydrogens is 661 g/mol. The van der Waals surface area contributed by atoms with Gasteiger partial charge in [0.25, 0.3) is 0 Å². The summed E-state index contributed by atoms with van der Waals surface area (Å²) in [6, 6.07) is 0. The molecule has 312 valence electrons. The van der Waals surface area contributed by atoms with Crippen LogP contribution in [0.2, 0.25) is 0 Å². The highest BCUT2D eigenvalue weighted by atomic mass is 16.6. The molecule has 0 amide bonds. The third-order valence-corrected chi connectivity index (χ3v) is 10.3. The summed E-state index contributed by atoms with van der Waals surface area (Å²) in [6.45, 7) is 6.52. The smallest absolute Gasteiger partial charge is 0.306 e. The first-order valence-electron chi connectivity index (χ1n) is 23.2. The molecule has 1 unspecified atom stereocenters. The van der Waals surface area contributed by atoms with Gasteiger partial charge in [0, 0.05) is 19.3 Å². The van der Waals surface area contributed by atoms with Crippen LogP contribution in [0.1, 0.15) is 252 Å². The van der Waals surface area contributed by atoms with Crippen molar-refractivity contribution in [3.8, 4) is 0 Å². The van der Waals surface area contributed by atoms with Crippen molar-refractivity contribution in [3.63, 3.8) is 0 Å². The Kier molecular flexibility index (Phi) is 41.4. The van der Waals surface area contributed by atoms with E-state index in [0.717, 1.165) is 77.0 Å². The second-order valence-electron chi connectivity index (χ2n) is 15.7. The lowest BCUT2D eigenvalue weighted by Gasteiger charge is -2.18. The van der Waals surface area contributed by atoms with Gasteiger partial charge in [-0.05, 0) is 38.5 Å². The first-order valence-corrected chi connectivity index (χ1v) is 23.2. The van der Waals surface area contributed by atoms with E-state index in [2.05, 4.69) is 32.9 Å². The predicted molar refractivity (Wildman–Crippen MR) is 224 cm³/mol. The Bertz CT molecular complexity index is 824. The van der Waals surface area contributed by atoms with Crippen molar-refractivity contribution in [2.75, 3.05) is 13.2 Å². The summed E-state index contributed by atoms with van der Waals surface area (Å²) < 4.78 is 16.6. The van der Waals surface area contributed by atoms with E-state index in [4.69, 9.17) is 14.2 Å². The Morgan fingerprint density at radius 1 is 0.358 bits per heavy atom. The summed E-state index contributed by atoms with van der Waals surface area (Å²) in [7, 11) is 0. The number of esters is 3. The number of unbranched alkanes of at least 4 members (excludes halogenated alkanes) is 29. The standard InChI is InChI=1S/C47H88O6/c1-4-7-10-13-16-18-20-21-22-23-24-25-26-27-28-30-31-34-37-40-46(49)52-43-44(42-51-45(48)39-36-33-15-12-9-6-3)53-47(50)41-38-35-32-29-19-17-14-11-8-5-2/h11,14,44H,4-10,12-13,15-43H2,1-3H3/b14-11-. The Hall–Kier alpha value is -1.85. The van der Waals surface area contributed by atoms with Gasteiger partial charge in [0.2, 0.25) is 0 Å². The molecular formula is C47H88O6. The maximum absolute atomic E-state index is 12.6. The lowest BCUT2D eigenvalue weighted by Crippen LogP contribution is -2.30. The molecule has 0 aromatic heterocycles. The molecule has 0 fully saturated rings. The number of hydrogen-bond donors (Lipinski definition) is 0. The molecule has 0 saturated carbocycles. The fourth-order valence-electron chi connectivity index (χ4n) is 6.74. The van der Waals surface area contributed by atoms with Crippen LogP contribution in [0.25, 0.3) is 0 Å². The summed E-state index contributed by atoms with van der Waals surface area (Å²) in [4.78, 5) is 37.5. The summed E-state index contributed by atoms with van der Waals surface area (Å²) in [5, 5.41) is 0. The molecule has 1 atom stereocenters. The van der Waals surface area contributed by atoms with E-state index in [1.54, 1.807) is 0 Å². The number of carbonyl (C=O) groups is 3. The van der Waals surface area contributed by atoms with Gasteiger partial charge < -0.3 is 14.2 Å². The maximum atomic E-state index is 12.6. The van der Waals surface area contributed by atoms with Crippen molar-refractivity contribution in [2.45, 2.75) is 258 Å². The lowest BCUT2D eigenvalue weighted by molar-refractivity contribution is -0.167. The van der Waals surface area contributed by atoms with Gasteiger partial charge in [0.1, 0.15) is 13.2 Å². The topological polar surface area (TPSA) is 78.9 Å². The minimum atomic E-state index is -0.764. The third-order valence-electron chi connectivity index (χ3n) is 10.3. The van der Waals surface area contributed by atoms with Gasteiger partial charge >= 0.3 is 17.9 Å². The molecule has 0 spiro atoms. The number of hydrogen-bond acceptors (Lipinski definition) is 6. The van der Waals surface area contributed by atoms with Crippen molar-refractivity contribution >= 4 is 17.9 Å². The van der Waals surface area contributed by atoms with Gasteiger partial charge in [-0.2, -0.15) is 0 Å². The van der Waals surface area contributed by atoms with E-state index in [9.17, 15) is 14.4 Å². The molecule has 6 heteroatoms. The van der Waals surface area contributed by atoms with Gasteiger partial charge in [0.15, 0.2) is 6.10 Å². The second-order valence-corrected chi connectivity index (χ2v) is 15.7. The van der Waals surface area contributed by atoms with Crippen LogP contribution in [0.5, 0.6) is 0 Å². The van der Waals surface area contributed by atoms with Gasteiger partial charge in [0.05, 0.1) is 0 Å². The lowest BCUT2D eigenvalue weighted by atomic mass is 10.0. The summed E-state index contributed by atoms with van der Waals surface area (Å²) in [5.74, 6) is -0.883. The minimum Gasteiger partial charge on any atom is -0.462 e. The Labute approximate surface area is 329 Å². The highest BCUT2D eigenvalue weighted by Crippen LogP contribution is 2.16. The van der Waals surface area contributed by atoms with Crippen molar-refractivity contribution in [1.82, 2.24) is 0 Å². The van der Waals surface area contributed by atoms with Crippen molar-refractivity contribution in [1.29, 1.82) is 0 Å². The molecule has 0 saturated heterocycles. The van der Waals surface area contributed by atoms with Crippen LogP contribution in [0.3, 0.4) is 0 Å². The van der Waals surface area contributed by atoms with E-state index in [1.165, 1.54) is 135 Å². The first kappa shape index (κ1) is 51.1. The Balaban J connectivity index is 4.13. The maximum Gasteiger partial charge on any atom is 0.306 e. The minimum absolute atomic E-state index is 0.0699. The fourth-order valence-corrected chi connectivity index (χ4v) is 6.74. The molecule has 0 radical (unpaired) electrons. The molecule has 0 N–H and O–H groups in total. The average molecular weight is 749 g/mol. The number of carbonyl (C=O) groups excluding carboxylic acids is 3. The number of rotatable bonds is 42. The van der Waals surface area contributed by atoms with E-state index in [-0.39, 0.29) is 31.1 Å². The molecule has 0 aliphatic heterocycles. The van der Waals surface area contributed by atoms with Crippen LogP contribution in [0, 0.1) is 0 Å². The molecule has 0 aromatic carbocycles. The van der Waals surface area contributed by atoms with E-state index in [0.29, 0.717) is 19.3 Å². The van der Waals surface area contributed by atoms with Crippen LogP contribution in [-0.4, -0.2) is 37.2 Å². The van der Waals surface area contributed by atoms with Gasteiger partial charge in [-0.25, -0.2) is 0 Å². The van der Waals surface area contributed by atoms with E-state index >= 15 is 0 Å². The molecule has 0 aliphatic rings. The van der Waals surface area contributed by atoms with Gasteiger partial charge in [-0.3, -0.25) is 14.4 Å². The molecule has 0 bridgehead atoms. The molecule has 6 nitrogen and oxygen atoms in total. The zero-order valence-electron chi connectivity index (χ0n) is 35.6. The zero-order chi connectivity index (χ0) is 38.7. The normalized spacial score (nSPS) is 12.0. The highest BCUT2D eigenvalue weighted by molar-refractivity contribution is 5.71. The average Bonchev–Trinajstić information content (AvgIpc) is 3.15. The zero-order valence-corrected chi connectivity index (χ0v) is 35.6. The fraction of sp³-hybridized carbons (Fsp3) is 0.894. The van der Waals surface area contributed by atoms with Crippen LogP contribution in [-0.2, 0) is 28.6 Å². The third kappa shape index (κ3) is 41.2. The predicted octanol–water partition coefficient (Wildman–Crippen LogP) is 14.6. The Morgan fingerprint density at radius 2 is 0.660 bits per heavy atom. The van der Waals surface area contributed by atoms with Crippen molar-refractivity contribution < 1.29 is 28.6 Å². The largest absolute Gasteiger partial charge is 0.462 e. The monoisotopic (exact) mass is 749 g/mol. The molecule has 0 aromatic rings. The number of allylic oxidation sites excluding steroid dienone is 2. The summed E-state index contributed by atoms with van der Waals surface area (Å²) >= 11 is 0. The molecule has 53 heavy (non-hydrogen) atoms. The first-order chi connectivity index (χ1) is 26.0. The molecule has 0 aliphatic carbocycles. The van der Waals surface area contributed by atoms with Crippen molar-refractivity contribution in [3.05, 3.63) is 12.2 Å². The number of ether oxygens (including phenoxy) is 3. The van der Waals surface area contributed by atoms with Gasteiger partial charge in [-0.15, -0.1) is 0 Å². The quantitative estimate of drug-likeness (QED) is 0.0268. The molecule has 0 rings (SSSR count). The van der Waals surface area contributed by atoms with Crippen molar-refractivity contribution in [2.24, 2.45) is 0 Å². The van der Waals surface area contributed by atoms with E-state index in [1.807, 2.05) is 0 Å². The van der Waals surface area contributed by atoms with Crippen LogP contribution in [0.4, 0.5) is 0 Å². The SMILES string of the molecule is CCC/C=C\CCCCCCCC(=O)OC(COC(=O)CCCCCCCC)COC(=O)CCCCCCCCCCCCCCCCCCCCC. The van der Waals surface area contributed by atoms with Gasteiger partial charge in [-0.1, -0.05) is 206 Å². The summed E-state index contributed by atoms with van der Waals surface area (Å²) in [5.41, 5.74) is 0. The van der Waals surface area contributed by atoms with Crippen LogP contribution >= 0.6 is 0 Å². The van der Waals surface area contributed by atoms with E-state index < -0.39 is 6.10 Å². The highest BCUT2D eigenvalue weighted by Gasteiger charge is 2.19.